The summed E-state index contributed by atoms with van der Waals surface area (Å²) in [7, 11) is -3.09. The maximum Gasteiger partial charge on any atom is 0.293 e. The van der Waals surface area contributed by atoms with Gasteiger partial charge in [0, 0.05) is 24.4 Å². The molecule has 1 atom stereocenters. The first-order valence-electron chi connectivity index (χ1n) is 19.0. The topological polar surface area (TPSA) is 175 Å². The van der Waals surface area contributed by atoms with Crippen LogP contribution < -0.4 is 29.6 Å². The molecule has 6 aromatic rings. The zero-order chi connectivity index (χ0) is 41.6. The van der Waals surface area contributed by atoms with Gasteiger partial charge in [-0.2, -0.15) is 0 Å². The van der Waals surface area contributed by atoms with Crippen molar-refractivity contribution in [3.05, 3.63) is 166 Å². The summed E-state index contributed by atoms with van der Waals surface area (Å²) in [5, 5.41) is 19.8. The number of hydrogen-bond acceptors (Lipinski definition) is 10. The highest BCUT2D eigenvalue weighted by atomic mass is 32.2. The van der Waals surface area contributed by atoms with Crippen LogP contribution in [-0.4, -0.2) is 58.1 Å². The van der Waals surface area contributed by atoms with E-state index in [9.17, 15) is 28.1 Å². The van der Waals surface area contributed by atoms with E-state index in [-0.39, 0.29) is 25.1 Å². The van der Waals surface area contributed by atoms with Crippen LogP contribution in [0.3, 0.4) is 0 Å². The molecule has 0 aliphatic carbocycles. The largest absolute Gasteiger partial charge is 0.497 e. The monoisotopic (exact) mass is 816 g/mol. The average Bonchev–Trinajstić information content (AvgIpc) is 3.24. The summed E-state index contributed by atoms with van der Waals surface area (Å²) in [5.74, 6) is 0.341. The Hall–Kier alpha value is -6.93. The molecule has 0 unspecified atom stereocenters. The van der Waals surface area contributed by atoms with E-state index in [0.29, 0.717) is 42.2 Å². The van der Waals surface area contributed by atoms with Crippen molar-refractivity contribution in [1.29, 1.82) is 0 Å². The molecule has 0 bridgehead atoms. The first-order valence-corrected chi connectivity index (χ1v) is 20.4. The number of fused-ring (bicyclic) bond motifs is 1. The fraction of sp³-hybridized carbons (Fsp3) is 0.200. The molecular formula is C45H44N4O9S. The van der Waals surface area contributed by atoms with Crippen molar-refractivity contribution in [2.75, 3.05) is 32.2 Å². The first kappa shape index (κ1) is 41.7. The lowest BCUT2D eigenvalue weighted by atomic mass is 10.0. The number of nitro groups is 1. The maximum absolute atomic E-state index is 13.7. The molecule has 6 rings (SSSR count). The van der Waals surface area contributed by atoms with Crippen molar-refractivity contribution >= 4 is 44.0 Å². The number of sulfonamides is 1. The van der Waals surface area contributed by atoms with Gasteiger partial charge in [-0.1, -0.05) is 91.0 Å². The summed E-state index contributed by atoms with van der Waals surface area (Å²) >= 11 is 0. The number of carbonyl (C=O) groups excluding carboxylic acids is 2. The van der Waals surface area contributed by atoms with E-state index in [1.54, 1.807) is 48.5 Å². The minimum atomic E-state index is -4.61. The second-order valence-corrected chi connectivity index (χ2v) is 15.3. The Kier molecular flexibility index (Phi) is 14.1. The van der Waals surface area contributed by atoms with Gasteiger partial charge in [-0.15, -0.1) is 0 Å². The third-order valence-corrected chi connectivity index (χ3v) is 10.8. The Balaban J connectivity index is 1.11. The van der Waals surface area contributed by atoms with Gasteiger partial charge >= 0.3 is 0 Å². The first-order chi connectivity index (χ1) is 28.6. The van der Waals surface area contributed by atoms with Gasteiger partial charge in [-0.05, 0) is 77.4 Å². The van der Waals surface area contributed by atoms with Crippen LogP contribution in [0, 0.1) is 10.1 Å². The summed E-state index contributed by atoms with van der Waals surface area (Å²) in [6.45, 7) is 0.962. The molecule has 0 fully saturated rings. The lowest BCUT2D eigenvalue weighted by molar-refractivity contribution is -0.384. The summed E-state index contributed by atoms with van der Waals surface area (Å²) < 4.78 is 46.1. The fourth-order valence-electron chi connectivity index (χ4n) is 6.38. The van der Waals surface area contributed by atoms with Crippen LogP contribution in [0.2, 0.25) is 0 Å². The van der Waals surface area contributed by atoms with Crippen molar-refractivity contribution in [3.8, 4) is 17.2 Å². The quantitative estimate of drug-likeness (QED) is 0.0412. The van der Waals surface area contributed by atoms with Gasteiger partial charge < -0.3 is 24.8 Å². The lowest BCUT2D eigenvalue weighted by Gasteiger charge is -2.19. The van der Waals surface area contributed by atoms with Crippen LogP contribution in [-0.2, 0) is 38.9 Å². The molecule has 6 aromatic carbocycles. The molecule has 0 saturated heterocycles. The number of rotatable bonds is 20. The Labute approximate surface area is 342 Å². The highest BCUT2D eigenvalue weighted by Gasteiger charge is 2.28. The molecule has 0 aliphatic rings. The Bertz CT molecular complexity index is 2480. The van der Waals surface area contributed by atoms with Gasteiger partial charge in [0.25, 0.3) is 21.6 Å². The molecule has 0 radical (unpaired) electrons. The molecule has 304 valence electrons. The zero-order valence-corrected chi connectivity index (χ0v) is 33.2. The highest BCUT2D eigenvalue weighted by Crippen LogP contribution is 2.28. The van der Waals surface area contributed by atoms with Crippen molar-refractivity contribution in [1.82, 2.24) is 10.0 Å². The molecule has 2 amide bonds. The number of hydrogen-bond donors (Lipinski definition) is 3. The number of aryl methyl sites for hydroxylation is 1. The molecule has 14 heteroatoms. The smallest absolute Gasteiger partial charge is 0.293 e. The molecule has 0 aromatic heterocycles. The van der Waals surface area contributed by atoms with Crippen LogP contribution in [0.4, 0.5) is 11.4 Å². The van der Waals surface area contributed by atoms with Crippen LogP contribution in [0.25, 0.3) is 10.8 Å². The van der Waals surface area contributed by atoms with Crippen molar-refractivity contribution < 1.29 is 37.1 Å². The van der Waals surface area contributed by atoms with Crippen LogP contribution >= 0.6 is 0 Å². The summed E-state index contributed by atoms with van der Waals surface area (Å²) in [6.07, 6.45) is 1.25. The predicted molar refractivity (Wildman–Crippen MR) is 225 cm³/mol. The molecule has 0 spiro atoms. The molecule has 0 saturated carbocycles. The Morgan fingerprint density at radius 1 is 0.746 bits per heavy atom. The Morgan fingerprint density at radius 2 is 1.42 bits per heavy atom. The average molecular weight is 817 g/mol. The van der Waals surface area contributed by atoms with Crippen molar-refractivity contribution in [2.24, 2.45) is 0 Å². The normalized spacial score (nSPS) is 11.6. The predicted octanol–water partition coefficient (Wildman–Crippen LogP) is 7.03. The van der Waals surface area contributed by atoms with Gasteiger partial charge in [-0.3, -0.25) is 19.7 Å². The Morgan fingerprint density at radius 3 is 2.17 bits per heavy atom. The van der Waals surface area contributed by atoms with E-state index in [2.05, 4.69) is 10.6 Å². The van der Waals surface area contributed by atoms with E-state index in [4.69, 9.17) is 14.2 Å². The third-order valence-electron chi connectivity index (χ3n) is 9.41. The van der Waals surface area contributed by atoms with E-state index in [1.807, 2.05) is 77.5 Å². The fourth-order valence-corrected chi connectivity index (χ4v) is 7.41. The second kappa shape index (κ2) is 20.0. The van der Waals surface area contributed by atoms with E-state index in [1.165, 1.54) is 19.2 Å². The van der Waals surface area contributed by atoms with Gasteiger partial charge in [0.05, 0.1) is 23.3 Å². The molecule has 59 heavy (non-hydrogen) atoms. The number of anilines is 1. The number of carbonyl (C=O) groups is 2. The number of nitrogens with one attached hydrogen (secondary N) is 3. The molecule has 3 N–H and O–H groups in total. The molecular weight excluding hydrogens is 773 g/mol. The standard InChI is InChI=1S/C45H44N4O9S/c1-56-36-20-16-34(17-21-36)30-44(50)47-41(29-33-18-22-37(23-19-33)57-27-28-58-43-15-7-13-35-12-5-6-14-39(35)43)45(51)48-59(54,55)38-24-25-40(42(31-38)49(52)53)46-26-8-11-32-9-3-2-4-10-32/h2-7,9-10,12-25,31,41,46H,8,11,26-30H2,1H3,(H,47,50)(H,48,51)/t41-/m0/s1. The lowest BCUT2D eigenvalue weighted by Crippen LogP contribution is -2.49. The molecule has 0 aliphatic heterocycles. The zero-order valence-electron chi connectivity index (χ0n) is 32.3. The van der Waals surface area contributed by atoms with E-state index >= 15 is 0 Å². The van der Waals surface area contributed by atoms with Gasteiger partial charge in [-0.25, -0.2) is 13.1 Å². The van der Waals surface area contributed by atoms with Crippen molar-refractivity contribution in [2.45, 2.75) is 36.6 Å². The summed E-state index contributed by atoms with van der Waals surface area (Å²) in [6, 6.07) is 39.2. The van der Waals surface area contributed by atoms with Crippen LogP contribution in [0.1, 0.15) is 23.1 Å². The number of amides is 2. The second-order valence-electron chi connectivity index (χ2n) is 13.6. The highest BCUT2D eigenvalue weighted by molar-refractivity contribution is 7.90. The van der Waals surface area contributed by atoms with Crippen LogP contribution in [0.15, 0.2) is 144 Å². The third kappa shape index (κ3) is 11.8. The minimum absolute atomic E-state index is 0.0772. The summed E-state index contributed by atoms with van der Waals surface area (Å²) in [5.41, 5.74) is 2.04. The van der Waals surface area contributed by atoms with Crippen molar-refractivity contribution in [3.63, 3.8) is 0 Å². The van der Waals surface area contributed by atoms with Crippen LogP contribution in [0.5, 0.6) is 17.2 Å². The molecule has 13 nitrogen and oxygen atoms in total. The SMILES string of the molecule is COc1ccc(CC(=O)N[C@@H](Cc2ccc(OCCOc3cccc4ccccc34)cc2)C(=O)NS(=O)(=O)c2ccc(NCCCc3ccccc3)c([N+](=O)[O-])c2)cc1. The van der Waals surface area contributed by atoms with Gasteiger partial charge in [0.1, 0.15) is 42.2 Å². The number of nitrogens with zero attached hydrogens (tertiary/aromatic N) is 1. The van der Waals surface area contributed by atoms with Gasteiger partial charge in [0.15, 0.2) is 0 Å². The maximum atomic E-state index is 13.7. The number of benzene rings is 6. The van der Waals surface area contributed by atoms with Gasteiger partial charge in [0.2, 0.25) is 5.91 Å². The number of ether oxygens (including phenoxy) is 3. The molecule has 0 heterocycles. The van der Waals surface area contributed by atoms with E-state index < -0.39 is 43.4 Å². The number of nitro benzene ring substituents is 1. The summed E-state index contributed by atoms with van der Waals surface area (Å²) in [4.78, 5) is 37.8. The minimum Gasteiger partial charge on any atom is -0.497 e. The number of methoxy groups -OCH3 is 1. The van der Waals surface area contributed by atoms with E-state index in [0.717, 1.165) is 34.6 Å².